The van der Waals surface area contributed by atoms with E-state index >= 15 is 0 Å². The first-order chi connectivity index (χ1) is 18.8. The summed E-state index contributed by atoms with van der Waals surface area (Å²) in [5.74, 6) is -1.23. The van der Waals surface area contributed by atoms with E-state index in [0.717, 1.165) is 18.4 Å². The first-order valence-corrected chi connectivity index (χ1v) is 14.4. The van der Waals surface area contributed by atoms with Gasteiger partial charge in [-0.25, -0.2) is 9.59 Å². The van der Waals surface area contributed by atoms with Crippen molar-refractivity contribution in [3.05, 3.63) is 35.5 Å². The average molecular weight is 565 g/mol. The molecule has 3 fully saturated rings. The van der Waals surface area contributed by atoms with E-state index in [0.29, 0.717) is 24.0 Å². The number of aliphatic hydroxyl groups is 3. The first-order valence-electron chi connectivity index (χ1n) is 14.4. The predicted octanol–water partition coefficient (Wildman–Crippen LogP) is 3.61. The first kappa shape index (κ1) is 32.5. The van der Waals surface area contributed by atoms with Crippen LogP contribution in [0.25, 0.3) is 0 Å². The van der Waals surface area contributed by atoms with Crippen LogP contribution < -0.4 is 0 Å². The van der Waals surface area contributed by atoms with Gasteiger partial charge in [0.15, 0.2) is 18.5 Å². The number of rotatable bonds is 8. The predicted molar refractivity (Wildman–Crippen MR) is 149 cm³/mol. The lowest BCUT2D eigenvalue weighted by atomic mass is 9.53. The van der Waals surface area contributed by atoms with Crippen molar-refractivity contribution in [3.8, 4) is 0 Å². The van der Waals surface area contributed by atoms with Crippen LogP contribution in [-0.2, 0) is 28.5 Å². The highest BCUT2D eigenvalue weighted by Gasteiger charge is 2.57. The molecule has 3 N–H and O–H groups in total. The zero-order chi connectivity index (χ0) is 29.9. The van der Waals surface area contributed by atoms with Gasteiger partial charge in [-0.05, 0) is 65.2 Å². The number of hydrogen-bond donors (Lipinski definition) is 3. The molecular formula is C31H48O9. The van der Waals surface area contributed by atoms with Crippen molar-refractivity contribution in [2.75, 3.05) is 6.61 Å². The molecule has 2 saturated carbocycles. The summed E-state index contributed by atoms with van der Waals surface area (Å²) in [4.78, 5) is 25.5. The minimum Gasteiger partial charge on any atom is -0.452 e. The van der Waals surface area contributed by atoms with Gasteiger partial charge < -0.3 is 34.3 Å². The van der Waals surface area contributed by atoms with Gasteiger partial charge in [0, 0.05) is 22.5 Å². The van der Waals surface area contributed by atoms with Crippen molar-refractivity contribution in [2.24, 2.45) is 23.2 Å². The van der Waals surface area contributed by atoms with Crippen LogP contribution in [0.1, 0.15) is 74.1 Å². The number of allylic oxidation sites excluding steroid dienone is 2. The fourth-order valence-electron chi connectivity index (χ4n) is 6.45. The summed E-state index contributed by atoms with van der Waals surface area (Å²) in [6, 6.07) is 0. The standard InChI is InChI=1S/C31H48O9/c1-9-17(5)28(35)38-26-21(15-32)37-30(24(34)27(26)39-29(36)18(6)10-2)40-25-20(16(3)4)13-14-31(8)22(33)12-11-19(7)23(25)31/h9-10,16,20-27,30,32-34H,7,11-15H2,1-6,8H3. The van der Waals surface area contributed by atoms with E-state index in [2.05, 4.69) is 27.4 Å². The molecule has 3 rings (SSSR count). The normalized spacial score (nSPS) is 39.1. The molecule has 1 saturated heterocycles. The second kappa shape index (κ2) is 13.3. The Bertz CT molecular complexity index is 1000. The monoisotopic (exact) mass is 564 g/mol. The third kappa shape index (κ3) is 6.39. The third-order valence-corrected chi connectivity index (χ3v) is 9.36. The SMILES string of the molecule is C=C1CCC(O)C2(C)CCC(C(C)C)C(OC3OC(CO)C(OC(=O)C(C)=CC)C(OC(=O)C(C)=CC)C3O)C12. The van der Waals surface area contributed by atoms with Crippen LogP contribution >= 0.6 is 0 Å². The Labute approximate surface area is 238 Å². The van der Waals surface area contributed by atoms with Crippen molar-refractivity contribution >= 4 is 11.9 Å². The number of fused-ring (bicyclic) bond motifs is 1. The number of hydrogen-bond acceptors (Lipinski definition) is 9. The molecule has 0 amide bonds. The highest BCUT2D eigenvalue weighted by Crippen LogP contribution is 2.56. The molecule has 3 aliphatic rings. The summed E-state index contributed by atoms with van der Waals surface area (Å²) in [5.41, 5.74) is 1.17. The Hall–Kier alpha value is -2.04. The van der Waals surface area contributed by atoms with Crippen LogP contribution in [0.3, 0.4) is 0 Å². The highest BCUT2D eigenvalue weighted by atomic mass is 16.7. The van der Waals surface area contributed by atoms with Gasteiger partial charge in [-0.2, -0.15) is 0 Å². The highest BCUT2D eigenvalue weighted by molar-refractivity contribution is 5.88. The van der Waals surface area contributed by atoms with Gasteiger partial charge in [0.2, 0.25) is 0 Å². The van der Waals surface area contributed by atoms with E-state index in [-0.39, 0.29) is 17.8 Å². The molecule has 9 nitrogen and oxygen atoms in total. The molecule has 226 valence electrons. The van der Waals surface area contributed by atoms with Crippen LogP contribution in [0.4, 0.5) is 0 Å². The third-order valence-electron chi connectivity index (χ3n) is 9.36. The molecule has 0 aromatic rings. The fourth-order valence-corrected chi connectivity index (χ4v) is 6.45. The molecule has 10 unspecified atom stereocenters. The summed E-state index contributed by atoms with van der Waals surface area (Å²) in [6.07, 6.45) is -1.45. The lowest BCUT2D eigenvalue weighted by Gasteiger charge is -2.56. The molecule has 1 heterocycles. The van der Waals surface area contributed by atoms with E-state index in [1.54, 1.807) is 39.8 Å². The number of carbonyl (C=O) groups excluding carboxylic acids is 2. The Balaban J connectivity index is 1.99. The topological polar surface area (TPSA) is 132 Å². The van der Waals surface area contributed by atoms with E-state index in [1.165, 1.54) is 0 Å². The van der Waals surface area contributed by atoms with Gasteiger partial charge in [0.1, 0.15) is 12.2 Å². The van der Waals surface area contributed by atoms with Crippen molar-refractivity contribution in [2.45, 2.75) is 117 Å². The molecule has 1 aliphatic heterocycles. The van der Waals surface area contributed by atoms with Gasteiger partial charge in [-0.15, -0.1) is 0 Å². The largest absolute Gasteiger partial charge is 0.452 e. The summed E-state index contributed by atoms with van der Waals surface area (Å²) in [5, 5.41) is 32.9. The van der Waals surface area contributed by atoms with Crippen LogP contribution in [-0.4, -0.2) is 76.8 Å². The summed E-state index contributed by atoms with van der Waals surface area (Å²) >= 11 is 0. The minimum absolute atomic E-state index is 0.0858. The maximum Gasteiger partial charge on any atom is 0.333 e. The lowest BCUT2D eigenvalue weighted by molar-refractivity contribution is -0.328. The van der Waals surface area contributed by atoms with E-state index < -0.39 is 66.9 Å². The smallest absolute Gasteiger partial charge is 0.333 e. The summed E-state index contributed by atoms with van der Waals surface area (Å²) in [7, 11) is 0. The second-order valence-electron chi connectivity index (χ2n) is 12.1. The number of aliphatic hydroxyl groups excluding tert-OH is 3. The molecule has 10 atom stereocenters. The van der Waals surface area contributed by atoms with Gasteiger partial charge in [-0.3, -0.25) is 0 Å². The number of ether oxygens (including phenoxy) is 4. The molecule has 2 aliphatic carbocycles. The molecule has 0 aromatic heterocycles. The van der Waals surface area contributed by atoms with Gasteiger partial charge >= 0.3 is 11.9 Å². The number of esters is 2. The second-order valence-corrected chi connectivity index (χ2v) is 12.1. The molecule has 9 heteroatoms. The average Bonchev–Trinajstić information content (AvgIpc) is 2.92. The van der Waals surface area contributed by atoms with E-state index in [1.807, 2.05) is 0 Å². The van der Waals surface area contributed by atoms with Crippen molar-refractivity contribution in [3.63, 3.8) is 0 Å². The molecule has 0 radical (unpaired) electrons. The van der Waals surface area contributed by atoms with Crippen molar-refractivity contribution in [1.29, 1.82) is 0 Å². The van der Waals surface area contributed by atoms with E-state index in [9.17, 15) is 24.9 Å². The van der Waals surface area contributed by atoms with Gasteiger partial charge in [-0.1, -0.05) is 45.1 Å². The summed E-state index contributed by atoms with van der Waals surface area (Å²) < 4.78 is 24.0. The zero-order valence-electron chi connectivity index (χ0n) is 25.0. The minimum atomic E-state index is -1.53. The van der Waals surface area contributed by atoms with Crippen molar-refractivity contribution < 1.29 is 43.9 Å². The number of carbonyl (C=O) groups is 2. The van der Waals surface area contributed by atoms with Crippen LogP contribution in [0.2, 0.25) is 0 Å². The van der Waals surface area contributed by atoms with Crippen LogP contribution in [0.15, 0.2) is 35.5 Å². The van der Waals surface area contributed by atoms with Gasteiger partial charge in [0.25, 0.3) is 0 Å². The molecule has 0 spiro atoms. The van der Waals surface area contributed by atoms with Crippen LogP contribution in [0, 0.1) is 23.2 Å². The Morgan fingerprint density at radius 1 is 1.05 bits per heavy atom. The van der Waals surface area contributed by atoms with Crippen molar-refractivity contribution in [1.82, 2.24) is 0 Å². The maximum atomic E-state index is 12.8. The Kier molecular flexibility index (Phi) is 10.8. The van der Waals surface area contributed by atoms with Gasteiger partial charge in [0.05, 0.1) is 18.8 Å². The zero-order valence-corrected chi connectivity index (χ0v) is 25.0. The molecule has 40 heavy (non-hydrogen) atoms. The Morgan fingerprint density at radius 3 is 2.15 bits per heavy atom. The van der Waals surface area contributed by atoms with E-state index in [4.69, 9.17) is 18.9 Å². The fraction of sp³-hybridized carbons (Fsp3) is 0.742. The summed E-state index contributed by atoms with van der Waals surface area (Å²) in [6.45, 7) is 16.6. The van der Waals surface area contributed by atoms with Crippen LogP contribution in [0.5, 0.6) is 0 Å². The molecular weight excluding hydrogens is 516 g/mol. The molecule has 0 aromatic carbocycles. The lowest BCUT2D eigenvalue weighted by Crippen LogP contribution is -2.64. The maximum absolute atomic E-state index is 12.8. The Morgan fingerprint density at radius 2 is 1.62 bits per heavy atom. The quantitative estimate of drug-likeness (QED) is 0.230. The molecule has 0 bridgehead atoms.